The summed E-state index contributed by atoms with van der Waals surface area (Å²) in [7, 11) is 0. The van der Waals surface area contributed by atoms with Gasteiger partial charge in [-0.05, 0) is 68.0 Å². The lowest BCUT2D eigenvalue weighted by atomic mass is 9.96. The summed E-state index contributed by atoms with van der Waals surface area (Å²) in [4.78, 5) is 0. The van der Waals surface area contributed by atoms with Gasteiger partial charge in [0, 0.05) is 11.1 Å². The third-order valence-electron chi connectivity index (χ3n) is 4.67. The van der Waals surface area contributed by atoms with Gasteiger partial charge >= 0.3 is 0 Å². The highest BCUT2D eigenvalue weighted by atomic mass is 19.1. The Bertz CT molecular complexity index is 751. The molecular formula is C24H29F. The molecule has 25 heavy (non-hydrogen) atoms. The van der Waals surface area contributed by atoms with Crippen molar-refractivity contribution in [3.8, 4) is 11.8 Å². The monoisotopic (exact) mass is 336 g/mol. The second-order valence-corrected chi connectivity index (χ2v) is 6.98. The lowest BCUT2D eigenvalue weighted by Crippen LogP contribution is -1.94. The molecule has 0 radical (unpaired) electrons. The van der Waals surface area contributed by atoms with Crippen LogP contribution in [0.3, 0.4) is 0 Å². The van der Waals surface area contributed by atoms with E-state index in [-0.39, 0.29) is 5.82 Å². The van der Waals surface area contributed by atoms with E-state index in [9.17, 15) is 4.39 Å². The van der Waals surface area contributed by atoms with Crippen LogP contribution in [0, 0.1) is 38.4 Å². The Morgan fingerprint density at radius 1 is 0.800 bits per heavy atom. The SMILES string of the molecule is CCCCCCCc1cc(C)c(C#Cc2ccc(C)c(F)c2)c(C)c1. The molecule has 0 nitrogen and oxygen atoms in total. The van der Waals surface area contributed by atoms with E-state index in [0.29, 0.717) is 5.56 Å². The van der Waals surface area contributed by atoms with Crippen LogP contribution in [0.15, 0.2) is 30.3 Å². The second kappa shape index (κ2) is 9.42. The van der Waals surface area contributed by atoms with Gasteiger partial charge in [0.05, 0.1) is 0 Å². The second-order valence-electron chi connectivity index (χ2n) is 6.98. The number of unbranched alkanes of at least 4 members (excludes halogenated alkanes) is 4. The molecule has 0 spiro atoms. The molecule has 0 amide bonds. The molecule has 0 aliphatic heterocycles. The predicted molar refractivity (Wildman–Crippen MR) is 105 cm³/mol. The molecule has 0 heterocycles. The largest absolute Gasteiger partial charge is 0.207 e. The molecular weight excluding hydrogens is 307 g/mol. The van der Waals surface area contributed by atoms with Gasteiger partial charge in [0.25, 0.3) is 0 Å². The van der Waals surface area contributed by atoms with Crippen molar-refractivity contribution in [3.05, 3.63) is 69.5 Å². The van der Waals surface area contributed by atoms with E-state index in [1.165, 1.54) is 54.9 Å². The van der Waals surface area contributed by atoms with E-state index in [1.54, 1.807) is 13.0 Å². The third kappa shape index (κ3) is 5.75. The molecule has 2 aromatic rings. The Labute approximate surface area is 152 Å². The Morgan fingerprint density at radius 2 is 1.48 bits per heavy atom. The van der Waals surface area contributed by atoms with Crippen molar-refractivity contribution in [1.29, 1.82) is 0 Å². The Morgan fingerprint density at radius 3 is 2.12 bits per heavy atom. The van der Waals surface area contributed by atoms with Crippen LogP contribution in [0.4, 0.5) is 4.39 Å². The summed E-state index contributed by atoms with van der Waals surface area (Å²) in [5, 5.41) is 0. The molecule has 0 aliphatic rings. The van der Waals surface area contributed by atoms with Crippen LogP contribution in [0.5, 0.6) is 0 Å². The molecule has 0 saturated carbocycles. The van der Waals surface area contributed by atoms with Crippen molar-refractivity contribution >= 4 is 0 Å². The topological polar surface area (TPSA) is 0 Å². The van der Waals surface area contributed by atoms with Crippen molar-refractivity contribution in [1.82, 2.24) is 0 Å². The van der Waals surface area contributed by atoms with Crippen molar-refractivity contribution in [2.24, 2.45) is 0 Å². The molecule has 0 unspecified atom stereocenters. The molecule has 0 bridgehead atoms. The smallest absolute Gasteiger partial charge is 0.127 e. The van der Waals surface area contributed by atoms with Crippen LogP contribution in [0.25, 0.3) is 0 Å². The van der Waals surface area contributed by atoms with Gasteiger partial charge < -0.3 is 0 Å². The Hall–Kier alpha value is -2.07. The van der Waals surface area contributed by atoms with E-state index >= 15 is 0 Å². The molecule has 0 atom stereocenters. The minimum atomic E-state index is -0.196. The fourth-order valence-corrected chi connectivity index (χ4v) is 3.13. The van der Waals surface area contributed by atoms with Gasteiger partial charge in [-0.15, -0.1) is 0 Å². The number of aryl methyl sites for hydroxylation is 4. The molecule has 0 aromatic heterocycles. The molecule has 2 rings (SSSR count). The summed E-state index contributed by atoms with van der Waals surface area (Å²) < 4.78 is 13.6. The number of halogens is 1. The van der Waals surface area contributed by atoms with Gasteiger partial charge in [-0.3, -0.25) is 0 Å². The minimum Gasteiger partial charge on any atom is -0.207 e. The lowest BCUT2D eigenvalue weighted by molar-refractivity contribution is 0.618. The number of benzene rings is 2. The summed E-state index contributed by atoms with van der Waals surface area (Å²) >= 11 is 0. The average molecular weight is 336 g/mol. The summed E-state index contributed by atoms with van der Waals surface area (Å²) in [5.74, 6) is 6.15. The quantitative estimate of drug-likeness (QED) is 0.408. The first kappa shape index (κ1) is 19.3. The fraction of sp³-hybridized carbons (Fsp3) is 0.417. The van der Waals surface area contributed by atoms with Crippen LogP contribution in [0.1, 0.15) is 72.4 Å². The highest BCUT2D eigenvalue weighted by molar-refractivity contribution is 5.51. The third-order valence-corrected chi connectivity index (χ3v) is 4.67. The molecule has 1 heteroatoms. The fourth-order valence-electron chi connectivity index (χ4n) is 3.13. The molecule has 132 valence electrons. The molecule has 0 fully saturated rings. The predicted octanol–water partition coefficient (Wildman–Crippen LogP) is 6.66. The van der Waals surface area contributed by atoms with E-state index in [1.807, 2.05) is 6.07 Å². The zero-order valence-corrected chi connectivity index (χ0v) is 16.0. The van der Waals surface area contributed by atoms with Crippen LogP contribution in [0.2, 0.25) is 0 Å². The zero-order chi connectivity index (χ0) is 18.2. The van der Waals surface area contributed by atoms with Crippen LogP contribution < -0.4 is 0 Å². The van der Waals surface area contributed by atoms with E-state index in [4.69, 9.17) is 0 Å². The first-order valence-electron chi connectivity index (χ1n) is 9.39. The van der Waals surface area contributed by atoms with E-state index in [0.717, 1.165) is 17.5 Å². The van der Waals surface area contributed by atoms with E-state index < -0.39 is 0 Å². The highest BCUT2D eigenvalue weighted by Crippen LogP contribution is 2.18. The van der Waals surface area contributed by atoms with Gasteiger partial charge in [0.15, 0.2) is 0 Å². The van der Waals surface area contributed by atoms with Crippen molar-refractivity contribution in [2.75, 3.05) is 0 Å². The van der Waals surface area contributed by atoms with Crippen molar-refractivity contribution in [2.45, 2.75) is 66.2 Å². The van der Waals surface area contributed by atoms with Crippen molar-refractivity contribution in [3.63, 3.8) is 0 Å². The normalized spacial score (nSPS) is 10.4. The minimum absolute atomic E-state index is 0.196. The van der Waals surface area contributed by atoms with Crippen LogP contribution in [-0.4, -0.2) is 0 Å². The van der Waals surface area contributed by atoms with Crippen LogP contribution in [-0.2, 0) is 6.42 Å². The first-order chi connectivity index (χ1) is 12.0. The Kier molecular flexibility index (Phi) is 7.26. The van der Waals surface area contributed by atoms with Gasteiger partial charge in [0.2, 0.25) is 0 Å². The summed E-state index contributed by atoms with van der Waals surface area (Å²) in [6.45, 7) is 8.25. The molecule has 0 N–H and O–H groups in total. The highest BCUT2D eigenvalue weighted by Gasteiger charge is 2.04. The van der Waals surface area contributed by atoms with Gasteiger partial charge in [0.1, 0.15) is 5.82 Å². The van der Waals surface area contributed by atoms with Crippen molar-refractivity contribution < 1.29 is 4.39 Å². The maximum atomic E-state index is 13.6. The van der Waals surface area contributed by atoms with Crippen LogP contribution >= 0.6 is 0 Å². The summed E-state index contributed by atoms with van der Waals surface area (Å²) in [6, 6.07) is 9.68. The van der Waals surface area contributed by atoms with Gasteiger partial charge in [-0.25, -0.2) is 4.39 Å². The number of rotatable bonds is 6. The number of hydrogen-bond acceptors (Lipinski definition) is 0. The maximum Gasteiger partial charge on any atom is 0.127 e. The average Bonchev–Trinajstić information content (AvgIpc) is 2.57. The Balaban J connectivity index is 2.09. The van der Waals surface area contributed by atoms with Gasteiger partial charge in [-0.2, -0.15) is 0 Å². The molecule has 2 aromatic carbocycles. The van der Waals surface area contributed by atoms with Gasteiger partial charge in [-0.1, -0.05) is 62.6 Å². The summed E-state index contributed by atoms with van der Waals surface area (Å²) in [6.07, 6.45) is 7.68. The lowest BCUT2D eigenvalue weighted by Gasteiger charge is -2.08. The zero-order valence-electron chi connectivity index (χ0n) is 16.0. The molecule has 0 saturated heterocycles. The maximum absolute atomic E-state index is 13.6. The molecule has 0 aliphatic carbocycles. The number of hydrogen-bond donors (Lipinski definition) is 0. The first-order valence-corrected chi connectivity index (χ1v) is 9.39. The summed E-state index contributed by atoms with van der Waals surface area (Å²) in [5.41, 5.74) is 6.27. The standard InChI is InChI=1S/C24H29F/c1-5-6-7-8-9-10-22-15-19(3)23(20(4)16-22)14-13-21-12-11-18(2)24(25)17-21/h11-12,15-17H,5-10H2,1-4H3. The van der Waals surface area contributed by atoms with E-state index in [2.05, 4.69) is 44.7 Å².